The second-order valence-electron chi connectivity index (χ2n) is 2.53. The van der Waals surface area contributed by atoms with E-state index in [0.717, 1.165) is 13.0 Å². The van der Waals surface area contributed by atoms with Crippen molar-refractivity contribution >= 4 is 0 Å². The van der Waals surface area contributed by atoms with E-state index in [1.54, 1.807) is 0 Å². The van der Waals surface area contributed by atoms with Crippen molar-refractivity contribution < 1.29 is 9.47 Å². The van der Waals surface area contributed by atoms with Gasteiger partial charge in [-0.2, -0.15) is 0 Å². The average Bonchev–Trinajstić information content (AvgIpc) is 2.10. The first kappa shape index (κ1) is 11.8. The number of hydrogen-bond donors (Lipinski definition) is 2. The Kier molecular flexibility index (Phi) is 10.7. The van der Waals surface area contributed by atoms with Gasteiger partial charge < -0.3 is 9.47 Å². The summed E-state index contributed by atoms with van der Waals surface area (Å²) >= 11 is 0. The smallest absolute Gasteiger partial charge is 0.0701 e. The summed E-state index contributed by atoms with van der Waals surface area (Å²) in [4.78, 5) is 0. The Bertz CT molecular complexity index is 71.5. The van der Waals surface area contributed by atoms with Crippen LogP contribution in [0.1, 0.15) is 19.8 Å². The number of rotatable bonds is 9. The molecule has 0 saturated heterocycles. The van der Waals surface area contributed by atoms with Crippen molar-refractivity contribution in [1.82, 2.24) is 5.43 Å². The predicted octanol–water partition coefficient (Wildman–Crippen LogP) is 0.283. The molecule has 0 fully saturated rings. The summed E-state index contributed by atoms with van der Waals surface area (Å²) in [6.45, 7) is 5.67. The van der Waals surface area contributed by atoms with Crippen LogP contribution in [0.15, 0.2) is 0 Å². The lowest BCUT2D eigenvalue weighted by molar-refractivity contribution is 0.0478. The van der Waals surface area contributed by atoms with Crippen LogP contribution < -0.4 is 11.3 Å². The summed E-state index contributed by atoms with van der Waals surface area (Å²) in [7, 11) is 0. The molecule has 0 radical (unpaired) electrons. The van der Waals surface area contributed by atoms with E-state index in [2.05, 4.69) is 12.3 Å². The molecule has 74 valence electrons. The number of hydrogen-bond acceptors (Lipinski definition) is 4. The summed E-state index contributed by atoms with van der Waals surface area (Å²) < 4.78 is 10.5. The number of unbranched alkanes of at least 4 members (excludes halogenated alkanes) is 1. The standard InChI is InChI=1S/C8H20N2O2/c1-2-3-5-11-7-8-12-6-4-10-9/h10H,2-9H2,1H3. The van der Waals surface area contributed by atoms with Gasteiger partial charge >= 0.3 is 0 Å². The molecular weight excluding hydrogens is 156 g/mol. The van der Waals surface area contributed by atoms with Gasteiger partial charge in [0.2, 0.25) is 0 Å². The lowest BCUT2D eigenvalue weighted by Gasteiger charge is -2.04. The van der Waals surface area contributed by atoms with E-state index in [0.29, 0.717) is 26.4 Å². The van der Waals surface area contributed by atoms with Crippen LogP contribution in [0, 0.1) is 0 Å². The fourth-order valence-corrected chi connectivity index (χ4v) is 0.699. The zero-order valence-corrected chi connectivity index (χ0v) is 7.84. The van der Waals surface area contributed by atoms with E-state index in [9.17, 15) is 0 Å². The predicted molar refractivity (Wildman–Crippen MR) is 48.7 cm³/mol. The van der Waals surface area contributed by atoms with Crippen molar-refractivity contribution in [1.29, 1.82) is 0 Å². The Balaban J connectivity index is 2.73. The van der Waals surface area contributed by atoms with Gasteiger partial charge in [-0.05, 0) is 6.42 Å². The van der Waals surface area contributed by atoms with Crippen molar-refractivity contribution in [2.45, 2.75) is 19.8 Å². The van der Waals surface area contributed by atoms with E-state index in [1.807, 2.05) is 0 Å². The zero-order valence-electron chi connectivity index (χ0n) is 7.84. The molecule has 0 saturated carbocycles. The van der Waals surface area contributed by atoms with Gasteiger partial charge in [0.1, 0.15) is 0 Å². The monoisotopic (exact) mass is 176 g/mol. The third-order valence-electron chi connectivity index (χ3n) is 1.40. The number of nitrogens with one attached hydrogen (secondary N) is 1. The van der Waals surface area contributed by atoms with Crippen molar-refractivity contribution in [3.05, 3.63) is 0 Å². The molecule has 0 aliphatic heterocycles. The van der Waals surface area contributed by atoms with Crippen LogP contribution in [0.25, 0.3) is 0 Å². The van der Waals surface area contributed by atoms with Gasteiger partial charge in [-0.15, -0.1) is 0 Å². The van der Waals surface area contributed by atoms with E-state index in [-0.39, 0.29) is 0 Å². The summed E-state index contributed by atoms with van der Waals surface area (Å²) in [6, 6.07) is 0. The largest absolute Gasteiger partial charge is 0.379 e. The average molecular weight is 176 g/mol. The second-order valence-corrected chi connectivity index (χ2v) is 2.53. The third kappa shape index (κ3) is 9.84. The molecule has 4 nitrogen and oxygen atoms in total. The maximum atomic E-state index is 5.28. The summed E-state index contributed by atoms with van der Waals surface area (Å²) in [5.74, 6) is 5.05. The molecule has 0 amide bonds. The van der Waals surface area contributed by atoms with Gasteiger partial charge in [0.25, 0.3) is 0 Å². The van der Waals surface area contributed by atoms with Crippen molar-refractivity contribution in [3.63, 3.8) is 0 Å². The quantitative estimate of drug-likeness (QED) is 0.301. The fraction of sp³-hybridized carbons (Fsp3) is 1.00. The molecule has 12 heavy (non-hydrogen) atoms. The van der Waals surface area contributed by atoms with Gasteiger partial charge in [0, 0.05) is 13.2 Å². The van der Waals surface area contributed by atoms with Crippen LogP contribution >= 0.6 is 0 Å². The Hall–Kier alpha value is -0.160. The second kappa shape index (κ2) is 10.8. The fourth-order valence-electron chi connectivity index (χ4n) is 0.699. The highest BCUT2D eigenvalue weighted by Crippen LogP contribution is 1.87. The Morgan fingerprint density at radius 2 is 1.75 bits per heavy atom. The SMILES string of the molecule is CCCCOCCOCCNN. The molecule has 0 rings (SSSR count). The van der Waals surface area contributed by atoms with E-state index in [4.69, 9.17) is 15.3 Å². The highest BCUT2D eigenvalue weighted by Gasteiger charge is 1.88. The van der Waals surface area contributed by atoms with Gasteiger partial charge in [-0.1, -0.05) is 13.3 Å². The van der Waals surface area contributed by atoms with E-state index < -0.39 is 0 Å². The number of ether oxygens (including phenoxy) is 2. The molecule has 3 N–H and O–H groups in total. The summed E-state index contributed by atoms with van der Waals surface area (Å²) in [5.41, 5.74) is 2.51. The van der Waals surface area contributed by atoms with Crippen molar-refractivity contribution in [3.8, 4) is 0 Å². The summed E-state index contributed by atoms with van der Waals surface area (Å²) in [6.07, 6.45) is 2.31. The Morgan fingerprint density at radius 1 is 1.08 bits per heavy atom. The Labute approximate surface area is 74.4 Å². The first-order valence-electron chi connectivity index (χ1n) is 4.50. The number of hydrazine groups is 1. The first-order valence-corrected chi connectivity index (χ1v) is 4.50. The maximum Gasteiger partial charge on any atom is 0.0701 e. The Morgan fingerprint density at radius 3 is 2.33 bits per heavy atom. The molecular formula is C8H20N2O2. The van der Waals surface area contributed by atoms with Crippen molar-refractivity contribution in [2.75, 3.05) is 33.0 Å². The van der Waals surface area contributed by atoms with E-state index >= 15 is 0 Å². The van der Waals surface area contributed by atoms with E-state index in [1.165, 1.54) is 6.42 Å². The molecule has 0 heterocycles. The topological polar surface area (TPSA) is 56.5 Å². The van der Waals surface area contributed by atoms with Crippen LogP contribution in [0.3, 0.4) is 0 Å². The van der Waals surface area contributed by atoms with Gasteiger partial charge in [0.05, 0.1) is 19.8 Å². The van der Waals surface area contributed by atoms with Crippen LogP contribution in [0.5, 0.6) is 0 Å². The molecule has 0 aromatic heterocycles. The van der Waals surface area contributed by atoms with Crippen LogP contribution in [0.4, 0.5) is 0 Å². The molecule has 0 atom stereocenters. The molecule has 0 unspecified atom stereocenters. The lowest BCUT2D eigenvalue weighted by atomic mass is 10.4. The maximum absolute atomic E-state index is 5.28. The minimum Gasteiger partial charge on any atom is -0.379 e. The minimum absolute atomic E-state index is 0.646. The zero-order chi connectivity index (χ0) is 9.07. The molecule has 0 aliphatic rings. The van der Waals surface area contributed by atoms with Crippen LogP contribution in [-0.2, 0) is 9.47 Å². The molecule has 4 heteroatoms. The minimum atomic E-state index is 0.646. The van der Waals surface area contributed by atoms with Crippen molar-refractivity contribution in [2.24, 2.45) is 5.84 Å². The van der Waals surface area contributed by atoms with Gasteiger partial charge in [0.15, 0.2) is 0 Å². The van der Waals surface area contributed by atoms with Crippen LogP contribution in [-0.4, -0.2) is 33.0 Å². The molecule has 0 aromatic carbocycles. The highest BCUT2D eigenvalue weighted by molar-refractivity contribution is 4.36. The molecule has 0 bridgehead atoms. The van der Waals surface area contributed by atoms with Gasteiger partial charge in [-0.25, -0.2) is 0 Å². The lowest BCUT2D eigenvalue weighted by Crippen LogP contribution is -2.26. The normalized spacial score (nSPS) is 10.5. The summed E-state index contributed by atoms with van der Waals surface area (Å²) in [5, 5.41) is 0. The molecule has 0 aliphatic carbocycles. The van der Waals surface area contributed by atoms with Gasteiger partial charge in [-0.3, -0.25) is 11.3 Å². The van der Waals surface area contributed by atoms with Crippen LogP contribution in [0.2, 0.25) is 0 Å². The highest BCUT2D eigenvalue weighted by atomic mass is 16.5. The molecule has 0 aromatic rings. The molecule has 0 spiro atoms. The number of nitrogens with two attached hydrogens (primary N) is 1. The first-order chi connectivity index (χ1) is 5.91. The third-order valence-corrected chi connectivity index (χ3v) is 1.40.